The molecule has 0 N–H and O–H groups in total. The average molecular weight is 585 g/mol. The highest BCUT2D eigenvalue weighted by atomic mass is 35.5. The van der Waals surface area contributed by atoms with Crippen LogP contribution in [-0.2, 0) is 11.3 Å². The van der Waals surface area contributed by atoms with E-state index in [0.717, 1.165) is 43.9 Å². The molecule has 0 saturated carbocycles. The summed E-state index contributed by atoms with van der Waals surface area (Å²) in [5.74, 6) is -0.212. The molecule has 8 heteroatoms. The van der Waals surface area contributed by atoms with Crippen LogP contribution >= 0.6 is 11.6 Å². The Kier molecular flexibility index (Phi) is 7.81. The summed E-state index contributed by atoms with van der Waals surface area (Å²) in [7, 11) is 0. The van der Waals surface area contributed by atoms with Crippen molar-refractivity contribution >= 4 is 40.7 Å². The van der Waals surface area contributed by atoms with E-state index in [9.17, 15) is 14.4 Å². The molecule has 42 heavy (non-hydrogen) atoms. The van der Waals surface area contributed by atoms with Gasteiger partial charge < -0.3 is 9.80 Å². The minimum atomic E-state index is -0.861. The minimum absolute atomic E-state index is 0.0146. The number of halogens is 1. The zero-order valence-corrected chi connectivity index (χ0v) is 25.1. The number of likely N-dealkylation sites (tertiary alicyclic amines) is 1. The van der Waals surface area contributed by atoms with Crippen molar-refractivity contribution in [2.75, 3.05) is 42.5 Å². The van der Waals surface area contributed by atoms with Gasteiger partial charge in [-0.15, -0.1) is 0 Å². The first kappa shape index (κ1) is 28.4. The quantitative estimate of drug-likeness (QED) is 0.230. The number of anilines is 2. The van der Waals surface area contributed by atoms with Crippen molar-refractivity contribution in [3.63, 3.8) is 0 Å². The predicted octanol–water partition coefficient (Wildman–Crippen LogP) is 6.63. The van der Waals surface area contributed by atoms with Crippen molar-refractivity contribution in [3.8, 4) is 11.1 Å². The second kappa shape index (κ2) is 11.5. The third-order valence-electron chi connectivity index (χ3n) is 9.14. The van der Waals surface area contributed by atoms with Crippen molar-refractivity contribution < 1.29 is 14.4 Å². The van der Waals surface area contributed by atoms with Crippen LogP contribution in [-0.4, -0.2) is 65.8 Å². The molecule has 0 radical (unpaired) electrons. The highest BCUT2D eigenvalue weighted by Crippen LogP contribution is 2.42. The third kappa shape index (κ3) is 5.09. The summed E-state index contributed by atoms with van der Waals surface area (Å²) in [6.45, 7) is 8.47. The van der Waals surface area contributed by atoms with Crippen molar-refractivity contribution in [2.45, 2.75) is 51.6 Å². The molecule has 7 nitrogen and oxygen atoms in total. The number of nitrogens with zero attached hydrogens (tertiary/aromatic N) is 4. The van der Waals surface area contributed by atoms with Gasteiger partial charge in [0, 0.05) is 50.5 Å². The van der Waals surface area contributed by atoms with Crippen LogP contribution in [0.4, 0.5) is 16.2 Å². The number of hydrogen-bond donors (Lipinski definition) is 0. The van der Waals surface area contributed by atoms with Gasteiger partial charge in [0.15, 0.2) is 5.78 Å². The molecule has 0 aliphatic carbocycles. The van der Waals surface area contributed by atoms with E-state index < -0.39 is 5.54 Å². The summed E-state index contributed by atoms with van der Waals surface area (Å²) in [4.78, 5) is 47.4. The molecule has 3 amide bonds. The maximum Gasteiger partial charge on any atom is 0.332 e. The number of Topliss-reactive ketones (excluding diaryl/α,β-unsaturated/α-hetero) is 1. The van der Waals surface area contributed by atoms with Gasteiger partial charge >= 0.3 is 6.03 Å². The second-order valence-corrected chi connectivity index (χ2v) is 12.0. The largest absolute Gasteiger partial charge is 0.372 e. The number of ketones is 1. The predicted molar refractivity (Wildman–Crippen MR) is 167 cm³/mol. The number of carbonyl (C=O) groups is 3. The number of piperidine rings is 1. The van der Waals surface area contributed by atoms with Gasteiger partial charge in [0.2, 0.25) is 0 Å². The van der Waals surface area contributed by atoms with Crippen LogP contribution in [0.1, 0.15) is 55.5 Å². The van der Waals surface area contributed by atoms with E-state index >= 15 is 0 Å². The molecule has 1 spiro atoms. The lowest BCUT2D eigenvalue weighted by Gasteiger charge is -2.41. The molecule has 3 heterocycles. The minimum Gasteiger partial charge on any atom is -0.372 e. The molecule has 3 aliphatic rings. The van der Waals surface area contributed by atoms with Gasteiger partial charge in [-0.3, -0.25) is 14.5 Å². The Morgan fingerprint density at radius 3 is 2.21 bits per heavy atom. The van der Waals surface area contributed by atoms with Crippen LogP contribution < -0.4 is 9.80 Å². The number of carbonyl (C=O) groups excluding carboxylic acids is 3. The molecule has 3 fully saturated rings. The fourth-order valence-corrected chi connectivity index (χ4v) is 7.03. The monoisotopic (exact) mass is 584 g/mol. The molecule has 3 aliphatic heterocycles. The topological polar surface area (TPSA) is 64.2 Å². The molecule has 6 rings (SSSR count). The highest BCUT2D eigenvalue weighted by molar-refractivity contribution is 6.36. The summed E-state index contributed by atoms with van der Waals surface area (Å²) >= 11 is 6.73. The Morgan fingerprint density at radius 1 is 0.881 bits per heavy atom. The molecule has 0 bridgehead atoms. The third-order valence-corrected chi connectivity index (χ3v) is 9.45. The van der Waals surface area contributed by atoms with Gasteiger partial charge in [-0.1, -0.05) is 48.0 Å². The first-order valence-corrected chi connectivity index (χ1v) is 15.3. The zero-order chi connectivity index (χ0) is 29.4. The maximum atomic E-state index is 14.1. The first-order valence-electron chi connectivity index (χ1n) is 14.9. The van der Waals surface area contributed by atoms with Gasteiger partial charge in [0.05, 0.1) is 10.7 Å². The molecule has 0 aromatic heterocycles. The molecule has 218 valence electrons. The van der Waals surface area contributed by atoms with Crippen LogP contribution in [0.5, 0.6) is 0 Å². The van der Waals surface area contributed by atoms with E-state index in [0.29, 0.717) is 35.7 Å². The second-order valence-electron chi connectivity index (χ2n) is 11.6. The number of hydrogen-bond acceptors (Lipinski definition) is 5. The summed E-state index contributed by atoms with van der Waals surface area (Å²) in [6, 6.07) is 21.2. The molecule has 3 saturated heterocycles. The molecule has 0 atom stereocenters. The Morgan fingerprint density at radius 2 is 1.57 bits per heavy atom. The lowest BCUT2D eigenvalue weighted by Crippen LogP contribution is -2.56. The van der Waals surface area contributed by atoms with Crippen LogP contribution in [0.2, 0.25) is 5.02 Å². The highest BCUT2D eigenvalue weighted by Gasteiger charge is 2.58. The van der Waals surface area contributed by atoms with Gasteiger partial charge in [-0.25, -0.2) is 9.69 Å². The summed E-state index contributed by atoms with van der Waals surface area (Å²) in [5, 5.41) is 0.324. The van der Waals surface area contributed by atoms with Crippen LogP contribution in [0.25, 0.3) is 11.1 Å². The number of amides is 3. The van der Waals surface area contributed by atoms with Crippen molar-refractivity contribution in [1.29, 1.82) is 0 Å². The van der Waals surface area contributed by atoms with Crippen molar-refractivity contribution in [3.05, 3.63) is 82.9 Å². The number of benzene rings is 3. The molecular weight excluding hydrogens is 548 g/mol. The summed E-state index contributed by atoms with van der Waals surface area (Å²) in [5.41, 5.74) is 4.36. The lowest BCUT2D eigenvalue weighted by molar-refractivity contribution is -0.127. The summed E-state index contributed by atoms with van der Waals surface area (Å²) in [6.07, 6.45) is 3.69. The number of likely N-dealkylation sites (N-methyl/N-ethyl adjacent to an activating group) is 1. The Balaban J connectivity index is 1.17. The Bertz CT molecular complexity index is 1510. The Hall–Kier alpha value is -3.68. The van der Waals surface area contributed by atoms with Gasteiger partial charge in [0.1, 0.15) is 5.54 Å². The van der Waals surface area contributed by atoms with E-state index in [1.54, 1.807) is 23.1 Å². The molecule has 3 aromatic rings. The van der Waals surface area contributed by atoms with E-state index in [1.807, 2.05) is 31.2 Å². The first-order chi connectivity index (χ1) is 20.3. The molecular formula is C34H37ClN4O3. The van der Waals surface area contributed by atoms with Crippen molar-refractivity contribution in [2.24, 2.45) is 0 Å². The number of urea groups is 1. The number of rotatable bonds is 7. The van der Waals surface area contributed by atoms with Gasteiger partial charge in [-0.05, 0) is 86.6 Å². The lowest BCUT2D eigenvalue weighted by atomic mass is 9.85. The standard InChI is InChI=1S/C34H37ClN4O3/c1-3-38-33(42)39(31-14-11-28(22-30(31)35)27-8-6-7-26(21-27)24(2)40)32(41)34(38)15-19-36(20-16-34)23-25-9-12-29(13-10-25)37-17-4-5-18-37/h6-14,21-22H,3-5,15-20,23H2,1-2H3. The van der Waals surface area contributed by atoms with Crippen LogP contribution in [0, 0.1) is 0 Å². The Labute approximate surface area is 252 Å². The van der Waals surface area contributed by atoms with E-state index in [2.05, 4.69) is 34.1 Å². The van der Waals surface area contributed by atoms with Gasteiger partial charge in [0.25, 0.3) is 5.91 Å². The molecule has 0 unspecified atom stereocenters. The molecule has 3 aromatic carbocycles. The normalized spacial score (nSPS) is 18.9. The number of imide groups is 1. The fourth-order valence-electron chi connectivity index (χ4n) is 6.76. The summed E-state index contributed by atoms with van der Waals surface area (Å²) < 4.78 is 0. The van der Waals surface area contributed by atoms with Gasteiger partial charge in [-0.2, -0.15) is 0 Å². The van der Waals surface area contributed by atoms with E-state index in [-0.39, 0.29) is 17.7 Å². The van der Waals surface area contributed by atoms with Crippen LogP contribution in [0.3, 0.4) is 0 Å². The van der Waals surface area contributed by atoms with Crippen LogP contribution in [0.15, 0.2) is 66.7 Å². The fraction of sp³-hybridized carbons (Fsp3) is 0.382. The van der Waals surface area contributed by atoms with E-state index in [4.69, 9.17) is 11.6 Å². The maximum absolute atomic E-state index is 14.1. The van der Waals surface area contributed by atoms with Crippen molar-refractivity contribution in [1.82, 2.24) is 9.80 Å². The smallest absolute Gasteiger partial charge is 0.332 e. The van der Waals surface area contributed by atoms with E-state index in [1.165, 1.54) is 35.9 Å². The zero-order valence-electron chi connectivity index (χ0n) is 24.3. The SMILES string of the molecule is CCN1C(=O)N(c2ccc(-c3cccc(C(C)=O)c3)cc2Cl)C(=O)C12CCN(Cc1ccc(N3CCCC3)cc1)CC2. The average Bonchev–Trinajstić information content (AvgIpc) is 3.61.